The minimum atomic E-state index is -3.57. The Morgan fingerprint density at radius 2 is 1.36 bits per heavy atom. The monoisotopic (exact) mass is 530 g/mol. The van der Waals surface area contributed by atoms with Crippen molar-refractivity contribution in [3.63, 3.8) is 0 Å². The average molecular weight is 531 g/mol. The summed E-state index contributed by atoms with van der Waals surface area (Å²) < 4.78 is 5.22. The lowest BCUT2D eigenvalue weighted by molar-refractivity contribution is -0.382. The average Bonchev–Trinajstić information content (AvgIpc) is 3.24. The first-order chi connectivity index (χ1) is 16.9. The predicted molar refractivity (Wildman–Crippen MR) is 140 cm³/mol. The van der Waals surface area contributed by atoms with Gasteiger partial charge < -0.3 is 9.64 Å². The summed E-state index contributed by atoms with van der Waals surface area (Å²) in [4.78, 5) is 53.8. The number of hydrogen-bond donors (Lipinski definition) is 1. The number of ether oxygens (including phenoxy) is 1. The lowest BCUT2D eigenvalue weighted by Gasteiger charge is -2.37. The Kier molecular flexibility index (Phi) is 12.0. The third-order valence-electron chi connectivity index (χ3n) is 5.16. The zero-order valence-corrected chi connectivity index (χ0v) is 24.1. The molecule has 36 heavy (non-hydrogen) atoms. The molecule has 0 bridgehead atoms. The van der Waals surface area contributed by atoms with Crippen molar-refractivity contribution in [2.24, 2.45) is 0 Å². The van der Waals surface area contributed by atoms with Crippen LogP contribution in [0.2, 0.25) is 0 Å². The first kappa shape index (κ1) is 30.9. The smallest absolute Gasteiger partial charge is 0.401 e. The molecule has 0 spiro atoms. The fraction of sp³-hybridized carbons (Fsp3) is 0.720. The van der Waals surface area contributed by atoms with Gasteiger partial charge in [0.1, 0.15) is 21.9 Å². The van der Waals surface area contributed by atoms with Crippen LogP contribution in [0.5, 0.6) is 5.75 Å². The minimum absolute atomic E-state index is 0.103. The lowest BCUT2D eigenvalue weighted by atomic mass is 10.1. The molecule has 1 amide bonds. The van der Waals surface area contributed by atoms with E-state index < -0.39 is 7.79 Å². The van der Waals surface area contributed by atoms with Crippen molar-refractivity contribution in [1.82, 2.24) is 14.9 Å². The fourth-order valence-corrected chi connectivity index (χ4v) is 6.43. The molecule has 1 aliphatic heterocycles. The number of nitrogens with zero attached hydrogens (tertiary/aromatic N) is 3. The van der Waals surface area contributed by atoms with Gasteiger partial charge in [0.15, 0.2) is 0 Å². The van der Waals surface area contributed by atoms with Crippen molar-refractivity contribution in [2.45, 2.75) is 98.7 Å². The van der Waals surface area contributed by atoms with Gasteiger partial charge in [0.05, 0.1) is 37.6 Å². The van der Waals surface area contributed by atoms with Crippen molar-refractivity contribution in [3.05, 3.63) is 29.8 Å². The van der Waals surface area contributed by atoms with Crippen LogP contribution in [0.3, 0.4) is 0 Å². The maximum Gasteiger partial charge on any atom is 0.401 e. The third kappa shape index (κ3) is 8.60. The molecule has 0 aliphatic carbocycles. The molecule has 2 rings (SSSR count). The summed E-state index contributed by atoms with van der Waals surface area (Å²) in [5.41, 5.74) is 0.562. The number of likely N-dealkylation sites (tertiary alicyclic amines) is 1. The molecular formula is C25H45N3O7P+. The summed E-state index contributed by atoms with van der Waals surface area (Å²) in [5.74, 6) is 0.582. The fourth-order valence-electron chi connectivity index (χ4n) is 3.74. The van der Waals surface area contributed by atoms with E-state index >= 15 is 0 Å². The van der Waals surface area contributed by atoms with E-state index in [0.717, 1.165) is 12.8 Å². The molecule has 206 valence electrons. The molecule has 1 heterocycles. The van der Waals surface area contributed by atoms with Gasteiger partial charge in [-0.1, -0.05) is 0 Å². The van der Waals surface area contributed by atoms with Crippen molar-refractivity contribution in [2.75, 3.05) is 19.8 Å². The molecule has 10 nitrogen and oxygen atoms in total. The molecule has 1 aromatic rings. The van der Waals surface area contributed by atoms with E-state index in [1.807, 2.05) is 55.4 Å². The van der Waals surface area contributed by atoms with Gasteiger partial charge in [-0.05, 0) is 92.5 Å². The maximum atomic E-state index is 13.5. The molecule has 0 aromatic heterocycles. The molecule has 0 radical (unpaired) electrons. The van der Waals surface area contributed by atoms with Crippen LogP contribution < -0.4 is 4.74 Å². The summed E-state index contributed by atoms with van der Waals surface area (Å²) in [5, 5.41) is 0. The first-order valence-electron chi connectivity index (χ1n) is 12.7. The van der Waals surface area contributed by atoms with Crippen molar-refractivity contribution >= 4 is 13.7 Å². The van der Waals surface area contributed by atoms with Gasteiger partial charge in [0.2, 0.25) is 0 Å². The topological polar surface area (TPSA) is 93.2 Å². The Labute approximate surface area is 216 Å². The van der Waals surface area contributed by atoms with Gasteiger partial charge in [-0.15, -0.1) is 0 Å². The second-order valence-electron chi connectivity index (χ2n) is 9.99. The van der Waals surface area contributed by atoms with Gasteiger partial charge in [-0.3, -0.25) is 4.79 Å². The van der Waals surface area contributed by atoms with Crippen LogP contribution in [0.15, 0.2) is 24.3 Å². The highest BCUT2D eigenvalue weighted by Gasteiger charge is 2.61. The minimum Gasteiger partial charge on any atom is -0.497 e. The number of rotatable bonds is 14. The molecule has 1 fully saturated rings. The van der Waals surface area contributed by atoms with Gasteiger partial charge in [0.25, 0.3) is 5.91 Å². The molecule has 11 heteroatoms. The highest BCUT2D eigenvalue weighted by molar-refractivity contribution is 7.65. The van der Waals surface area contributed by atoms with Crippen LogP contribution >= 0.6 is 7.79 Å². The van der Waals surface area contributed by atoms with E-state index in [0.29, 0.717) is 17.9 Å². The van der Waals surface area contributed by atoms with Crippen LogP contribution in [0.1, 0.15) is 78.6 Å². The van der Waals surface area contributed by atoms with E-state index in [2.05, 4.69) is 0 Å². The van der Waals surface area contributed by atoms with Crippen LogP contribution in [0.25, 0.3) is 0 Å². The first-order valence-corrected chi connectivity index (χ1v) is 14.5. The van der Waals surface area contributed by atoms with E-state index in [1.54, 1.807) is 36.3 Å². The Balaban J connectivity index is 2.44. The van der Waals surface area contributed by atoms with E-state index in [4.69, 9.17) is 24.1 Å². The van der Waals surface area contributed by atoms with Crippen LogP contribution in [-0.4, -0.2) is 76.0 Å². The summed E-state index contributed by atoms with van der Waals surface area (Å²) >= 11 is 0. The summed E-state index contributed by atoms with van der Waals surface area (Å²) in [7, 11) is -1.98. The molecular weight excluding hydrogens is 485 g/mol. The Bertz CT molecular complexity index is 763. The zero-order valence-electron chi connectivity index (χ0n) is 23.2. The van der Waals surface area contributed by atoms with E-state index in [1.165, 1.54) is 9.99 Å². The van der Waals surface area contributed by atoms with Crippen LogP contribution in [0, 0.1) is 0 Å². The predicted octanol–water partition coefficient (Wildman–Crippen LogP) is 5.02. The van der Waals surface area contributed by atoms with Crippen molar-refractivity contribution < 1.29 is 33.8 Å². The number of carbonyl (C=O) groups excluding carboxylic acids is 1. The molecule has 1 atom stereocenters. The Morgan fingerprint density at radius 3 is 1.75 bits per heavy atom. The van der Waals surface area contributed by atoms with Gasteiger partial charge in [-0.2, -0.15) is 0 Å². The molecule has 1 N–H and O–H groups in total. The number of hydrogen-bond acceptors (Lipinski definition) is 9. The van der Waals surface area contributed by atoms with Crippen molar-refractivity contribution in [1.29, 1.82) is 0 Å². The normalized spacial score (nSPS) is 17.0. The van der Waals surface area contributed by atoms with Gasteiger partial charge in [-0.25, -0.2) is 24.2 Å². The molecule has 1 aromatic carbocycles. The van der Waals surface area contributed by atoms with Crippen molar-refractivity contribution in [3.8, 4) is 5.75 Å². The molecule has 0 saturated carbocycles. The molecule has 1 saturated heterocycles. The van der Waals surface area contributed by atoms with Gasteiger partial charge in [0, 0.05) is 12.1 Å². The summed E-state index contributed by atoms with van der Waals surface area (Å²) in [6, 6.07) is 6.77. The maximum absolute atomic E-state index is 13.5. The largest absolute Gasteiger partial charge is 0.497 e. The zero-order chi connectivity index (χ0) is 27.0. The summed E-state index contributed by atoms with van der Waals surface area (Å²) in [6.07, 6.45) is 0.559. The summed E-state index contributed by atoms with van der Waals surface area (Å²) in [6.45, 7) is 15.4. The third-order valence-corrected chi connectivity index (χ3v) is 7.49. The number of amides is 1. The number of methoxy groups -OCH3 is 1. The lowest BCUT2D eigenvalue weighted by Crippen LogP contribution is -2.47. The van der Waals surface area contributed by atoms with E-state index in [-0.39, 0.29) is 42.5 Å². The van der Waals surface area contributed by atoms with Crippen LogP contribution in [-0.2, 0) is 19.4 Å². The highest BCUT2D eigenvalue weighted by Crippen LogP contribution is 2.64. The number of carbonyl (C=O) groups is 1. The number of benzene rings is 1. The molecule has 0 unspecified atom stereocenters. The van der Waals surface area contributed by atoms with E-state index in [9.17, 15) is 9.69 Å². The standard InChI is InChI=1S/C25H45N3O7P/c1-18(2)32-27(33-19(3)4)36(30,28(34-20(5)6)35-21(7)8)17-23-11-10-16-26(23)25(29)22-12-14-24(31-9)15-13-22/h12-15,18-21,23,30H,10-11,16-17H2,1-9H3/q+1/t23-/m1/s1. The SMILES string of the molecule is COc1ccc(C(=O)N2CCC[C@@H]2C[P+](O)(N(OC(C)C)OC(C)C)N(OC(C)C)OC(C)C)cc1. The van der Waals surface area contributed by atoms with Crippen LogP contribution in [0.4, 0.5) is 0 Å². The molecule has 1 aliphatic rings. The van der Waals surface area contributed by atoms with Gasteiger partial charge >= 0.3 is 7.79 Å². The Morgan fingerprint density at radius 1 is 0.917 bits per heavy atom. The highest BCUT2D eigenvalue weighted by atomic mass is 31.2. The second-order valence-corrected chi connectivity index (χ2v) is 12.4. The quantitative estimate of drug-likeness (QED) is 0.263. The Hall–Kier alpha value is -1.36. The second kappa shape index (κ2) is 14.0.